The van der Waals surface area contributed by atoms with Crippen molar-refractivity contribution in [3.63, 3.8) is 0 Å². The van der Waals surface area contributed by atoms with Crippen LogP contribution in [0.25, 0.3) is 11.3 Å². The summed E-state index contributed by atoms with van der Waals surface area (Å²) < 4.78 is 0. The summed E-state index contributed by atoms with van der Waals surface area (Å²) in [6, 6.07) is 8.18. The minimum Gasteiger partial charge on any atom is -0.302 e. The number of carbonyl (C=O) groups excluding carboxylic acids is 2. The second-order valence-electron chi connectivity index (χ2n) is 8.18. The Bertz CT molecular complexity index is 1090. The Morgan fingerprint density at radius 2 is 1.88 bits per heavy atom. The van der Waals surface area contributed by atoms with Gasteiger partial charge in [-0.1, -0.05) is 29.8 Å². The molecule has 1 aliphatic heterocycles. The maximum atomic E-state index is 12.8. The first-order chi connectivity index (χ1) is 15.4. The smallest absolute Gasteiger partial charge is 0.240 e. The molecule has 32 heavy (non-hydrogen) atoms. The number of aromatic nitrogens is 2. The molecule has 0 bridgehead atoms. The van der Waals surface area contributed by atoms with Gasteiger partial charge in [0.1, 0.15) is 0 Å². The molecular weight excluding hydrogens is 442 g/mol. The van der Waals surface area contributed by atoms with Crippen LogP contribution in [0.5, 0.6) is 0 Å². The third-order valence-corrected chi connectivity index (χ3v) is 7.35. The standard InChI is InChI=1S/C23H27N5O2S2/c1-14-6-8-17(9-7-14)19-13-31-22(25-19)27-21(30)18-5-4-10-28(11-18)12-20(29)26-23-24-15(2)16(3)32-23/h6-9,13,18H,4-5,10-12H2,1-3H3,(H,24,26,29)(H,25,27,30). The van der Waals surface area contributed by atoms with Gasteiger partial charge in [-0.3, -0.25) is 14.5 Å². The van der Waals surface area contributed by atoms with Gasteiger partial charge < -0.3 is 10.6 Å². The first-order valence-electron chi connectivity index (χ1n) is 10.7. The van der Waals surface area contributed by atoms with Gasteiger partial charge in [0.2, 0.25) is 11.8 Å². The van der Waals surface area contributed by atoms with Gasteiger partial charge in [0.25, 0.3) is 0 Å². The van der Waals surface area contributed by atoms with Gasteiger partial charge in [-0.05, 0) is 40.2 Å². The fraction of sp³-hybridized carbons (Fsp3) is 0.391. The Hall–Kier alpha value is -2.62. The summed E-state index contributed by atoms with van der Waals surface area (Å²) in [7, 11) is 0. The average Bonchev–Trinajstić information content (AvgIpc) is 3.34. The molecule has 1 unspecified atom stereocenters. The summed E-state index contributed by atoms with van der Waals surface area (Å²) in [6.45, 7) is 7.60. The number of amides is 2. The van der Waals surface area contributed by atoms with E-state index in [1.54, 1.807) is 0 Å². The molecule has 1 aliphatic rings. The van der Waals surface area contributed by atoms with E-state index in [0.29, 0.717) is 16.8 Å². The highest BCUT2D eigenvalue weighted by Gasteiger charge is 2.27. The van der Waals surface area contributed by atoms with Crippen molar-refractivity contribution in [3.8, 4) is 11.3 Å². The molecule has 1 fully saturated rings. The minimum atomic E-state index is -0.160. The van der Waals surface area contributed by atoms with Gasteiger partial charge in [0.15, 0.2) is 10.3 Å². The number of rotatable bonds is 6. The molecule has 0 radical (unpaired) electrons. The van der Waals surface area contributed by atoms with Crippen molar-refractivity contribution in [2.75, 3.05) is 30.3 Å². The number of anilines is 2. The van der Waals surface area contributed by atoms with Crippen molar-refractivity contribution < 1.29 is 9.59 Å². The third kappa shape index (κ3) is 5.59. The summed E-state index contributed by atoms with van der Waals surface area (Å²) in [5, 5.41) is 9.04. The van der Waals surface area contributed by atoms with Crippen LogP contribution in [-0.4, -0.2) is 46.3 Å². The lowest BCUT2D eigenvalue weighted by atomic mass is 9.97. The molecule has 1 saturated heterocycles. The van der Waals surface area contributed by atoms with Gasteiger partial charge in [0, 0.05) is 22.4 Å². The van der Waals surface area contributed by atoms with Crippen molar-refractivity contribution >= 4 is 44.8 Å². The molecule has 1 aromatic carbocycles. The number of carbonyl (C=O) groups is 2. The van der Waals surface area contributed by atoms with E-state index in [1.165, 1.54) is 28.2 Å². The predicted molar refractivity (Wildman–Crippen MR) is 130 cm³/mol. The normalized spacial score (nSPS) is 16.7. The molecule has 1 atom stereocenters. The Kier molecular flexibility index (Phi) is 6.98. The molecule has 2 amide bonds. The second-order valence-corrected chi connectivity index (χ2v) is 10.2. The number of benzene rings is 1. The monoisotopic (exact) mass is 469 g/mol. The van der Waals surface area contributed by atoms with Crippen molar-refractivity contribution in [1.82, 2.24) is 14.9 Å². The Labute approximate surface area is 195 Å². The van der Waals surface area contributed by atoms with Gasteiger partial charge >= 0.3 is 0 Å². The summed E-state index contributed by atoms with van der Waals surface area (Å²) in [6.07, 6.45) is 1.69. The molecule has 3 heterocycles. The number of piperidine rings is 1. The minimum absolute atomic E-state index is 0.0360. The van der Waals surface area contributed by atoms with E-state index >= 15 is 0 Å². The molecule has 2 aromatic heterocycles. The average molecular weight is 470 g/mol. The van der Waals surface area contributed by atoms with Crippen LogP contribution in [0.15, 0.2) is 29.6 Å². The van der Waals surface area contributed by atoms with E-state index < -0.39 is 0 Å². The number of aryl methyl sites for hydroxylation is 3. The summed E-state index contributed by atoms with van der Waals surface area (Å²) >= 11 is 2.91. The van der Waals surface area contributed by atoms with Crippen LogP contribution in [0.3, 0.4) is 0 Å². The number of nitrogens with one attached hydrogen (secondary N) is 2. The predicted octanol–water partition coefficient (Wildman–Crippen LogP) is 4.48. The van der Waals surface area contributed by atoms with Crippen LogP contribution >= 0.6 is 22.7 Å². The lowest BCUT2D eigenvalue weighted by molar-refractivity contribution is -0.123. The number of nitrogens with zero attached hydrogens (tertiary/aromatic N) is 3. The first-order valence-corrected chi connectivity index (χ1v) is 12.4. The van der Waals surface area contributed by atoms with Crippen LogP contribution in [-0.2, 0) is 9.59 Å². The highest BCUT2D eigenvalue weighted by Crippen LogP contribution is 2.26. The topological polar surface area (TPSA) is 87.2 Å². The molecule has 7 nitrogen and oxygen atoms in total. The van der Waals surface area contributed by atoms with Gasteiger partial charge in [0.05, 0.1) is 23.9 Å². The van der Waals surface area contributed by atoms with E-state index in [9.17, 15) is 9.59 Å². The largest absolute Gasteiger partial charge is 0.302 e. The van der Waals surface area contributed by atoms with Crippen LogP contribution in [0.4, 0.5) is 10.3 Å². The fourth-order valence-corrected chi connectivity index (χ4v) is 5.25. The summed E-state index contributed by atoms with van der Waals surface area (Å²) in [5.41, 5.74) is 4.03. The molecule has 9 heteroatoms. The third-order valence-electron chi connectivity index (χ3n) is 5.60. The quantitative estimate of drug-likeness (QED) is 0.556. The molecule has 0 spiro atoms. The molecule has 4 rings (SSSR count). The van der Waals surface area contributed by atoms with Crippen LogP contribution in [0.1, 0.15) is 29.0 Å². The Morgan fingerprint density at radius 1 is 1.09 bits per heavy atom. The SMILES string of the molecule is Cc1ccc(-c2csc(NC(=O)C3CCCN(CC(=O)Nc4nc(C)c(C)s4)C3)n2)cc1. The maximum absolute atomic E-state index is 12.8. The zero-order chi connectivity index (χ0) is 22.7. The molecule has 2 N–H and O–H groups in total. The van der Waals surface area contributed by atoms with Crippen molar-refractivity contribution in [3.05, 3.63) is 45.8 Å². The van der Waals surface area contributed by atoms with E-state index in [4.69, 9.17) is 0 Å². The number of likely N-dealkylation sites (tertiary alicyclic amines) is 1. The van der Waals surface area contributed by atoms with E-state index in [2.05, 4.69) is 39.7 Å². The van der Waals surface area contributed by atoms with E-state index in [1.807, 2.05) is 36.3 Å². The lowest BCUT2D eigenvalue weighted by Crippen LogP contribution is -2.43. The van der Waals surface area contributed by atoms with E-state index in [-0.39, 0.29) is 24.3 Å². The Balaban J connectivity index is 1.30. The second kappa shape index (κ2) is 9.89. The number of hydrogen-bond acceptors (Lipinski definition) is 7. The summed E-state index contributed by atoms with van der Waals surface area (Å²) in [4.78, 5) is 37.3. The highest BCUT2D eigenvalue weighted by molar-refractivity contribution is 7.15. The number of hydrogen-bond donors (Lipinski definition) is 2. The van der Waals surface area contributed by atoms with Crippen molar-refractivity contribution in [1.29, 1.82) is 0 Å². The van der Waals surface area contributed by atoms with Crippen molar-refractivity contribution in [2.45, 2.75) is 33.6 Å². The maximum Gasteiger partial charge on any atom is 0.240 e. The molecule has 0 aliphatic carbocycles. The zero-order valence-corrected chi connectivity index (χ0v) is 20.1. The molecule has 3 aromatic rings. The molecule has 168 valence electrons. The van der Waals surface area contributed by atoms with Crippen LogP contribution in [0, 0.1) is 26.7 Å². The summed E-state index contributed by atoms with van der Waals surface area (Å²) in [5.74, 6) is -0.291. The Morgan fingerprint density at radius 3 is 2.59 bits per heavy atom. The van der Waals surface area contributed by atoms with Gasteiger partial charge in [-0.2, -0.15) is 0 Å². The number of thiazole rings is 2. The molecule has 0 saturated carbocycles. The lowest BCUT2D eigenvalue weighted by Gasteiger charge is -2.31. The molecular formula is C23H27N5O2S2. The first kappa shape index (κ1) is 22.6. The fourth-order valence-electron chi connectivity index (χ4n) is 3.70. The van der Waals surface area contributed by atoms with Crippen LogP contribution < -0.4 is 10.6 Å². The van der Waals surface area contributed by atoms with E-state index in [0.717, 1.165) is 41.2 Å². The van der Waals surface area contributed by atoms with Gasteiger partial charge in [-0.15, -0.1) is 22.7 Å². The van der Waals surface area contributed by atoms with Crippen LogP contribution in [0.2, 0.25) is 0 Å². The van der Waals surface area contributed by atoms with Crippen molar-refractivity contribution in [2.24, 2.45) is 5.92 Å². The van der Waals surface area contributed by atoms with Gasteiger partial charge in [-0.25, -0.2) is 9.97 Å². The zero-order valence-electron chi connectivity index (χ0n) is 18.5. The highest BCUT2D eigenvalue weighted by atomic mass is 32.1.